The molecule has 0 heterocycles. The number of nitrogens with zero attached hydrogens (tertiary/aromatic N) is 2. The second-order valence-electron chi connectivity index (χ2n) is 6.74. The van der Waals surface area contributed by atoms with Crippen molar-refractivity contribution in [3.8, 4) is 11.5 Å². The maximum Gasteiger partial charge on any atom is 0.191 e. The fourth-order valence-electron chi connectivity index (χ4n) is 2.39. The van der Waals surface area contributed by atoms with Crippen molar-refractivity contribution >= 4 is 5.96 Å². The van der Waals surface area contributed by atoms with Crippen LogP contribution in [0.2, 0.25) is 0 Å². The molecule has 0 amide bonds. The molecule has 0 aliphatic rings. The molecule has 6 nitrogen and oxygen atoms in total. The molecule has 1 aromatic rings. The van der Waals surface area contributed by atoms with Crippen molar-refractivity contribution in [3.05, 3.63) is 24.3 Å². The fraction of sp³-hybridized carbons (Fsp3) is 0.650. The molecule has 1 aromatic carbocycles. The second kappa shape index (κ2) is 12.4. The van der Waals surface area contributed by atoms with Crippen LogP contribution in [0.1, 0.15) is 33.6 Å². The molecule has 0 aliphatic heterocycles. The third-order valence-corrected chi connectivity index (χ3v) is 4.29. The van der Waals surface area contributed by atoms with Gasteiger partial charge >= 0.3 is 0 Å². The van der Waals surface area contributed by atoms with Crippen LogP contribution in [0.5, 0.6) is 11.5 Å². The molecule has 0 saturated carbocycles. The Hall–Kier alpha value is -1.95. The number of benzene rings is 1. The van der Waals surface area contributed by atoms with Gasteiger partial charge in [-0.15, -0.1) is 0 Å². The average Bonchev–Trinajstić information content (AvgIpc) is 2.64. The average molecular weight is 365 g/mol. The summed E-state index contributed by atoms with van der Waals surface area (Å²) < 4.78 is 11.3. The predicted octanol–water partition coefficient (Wildman–Crippen LogP) is 2.75. The van der Waals surface area contributed by atoms with E-state index in [0.29, 0.717) is 12.6 Å². The lowest BCUT2D eigenvalue weighted by molar-refractivity contribution is 0.213. The van der Waals surface area contributed by atoms with Gasteiger partial charge in [0.15, 0.2) is 17.5 Å². The van der Waals surface area contributed by atoms with Crippen molar-refractivity contribution < 1.29 is 9.47 Å². The molecule has 26 heavy (non-hydrogen) atoms. The summed E-state index contributed by atoms with van der Waals surface area (Å²) in [6.07, 6.45) is 2.28. The summed E-state index contributed by atoms with van der Waals surface area (Å²) in [5.74, 6) is 2.30. The first-order valence-electron chi connectivity index (χ1n) is 9.42. The minimum atomic E-state index is -0.00968. The summed E-state index contributed by atoms with van der Waals surface area (Å²) in [6.45, 7) is 9.15. The van der Waals surface area contributed by atoms with Gasteiger partial charge in [0.25, 0.3) is 0 Å². The number of para-hydroxylation sites is 2. The first kappa shape index (κ1) is 22.1. The van der Waals surface area contributed by atoms with Crippen LogP contribution in [0.15, 0.2) is 29.3 Å². The van der Waals surface area contributed by atoms with E-state index in [2.05, 4.69) is 41.4 Å². The van der Waals surface area contributed by atoms with E-state index < -0.39 is 0 Å². The Morgan fingerprint density at radius 2 is 1.81 bits per heavy atom. The van der Waals surface area contributed by atoms with Crippen LogP contribution < -0.4 is 20.1 Å². The highest BCUT2D eigenvalue weighted by Crippen LogP contribution is 2.26. The zero-order chi connectivity index (χ0) is 19.4. The van der Waals surface area contributed by atoms with Crippen LogP contribution in [-0.4, -0.2) is 63.8 Å². The molecular formula is C20H36N4O2. The lowest BCUT2D eigenvalue weighted by Crippen LogP contribution is -2.42. The summed E-state index contributed by atoms with van der Waals surface area (Å²) in [5.41, 5.74) is 0. The summed E-state index contributed by atoms with van der Waals surface area (Å²) >= 11 is 0. The van der Waals surface area contributed by atoms with E-state index in [-0.39, 0.29) is 6.10 Å². The number of hydrogen-bond donors (Lipinski definition) is 2. The molecule has 6 heteroatoms. The van der Waals surface area contributed by atoms with Gasteiger partial charge in [0, 0.05) is 19.6 Å². The van der Waals surface area contributed by atoms with Gasteiger partial charge in [-0.25, -0.2) is 0 Å². The molecular weight excluding hydrogens is 328 g/mol. The Kier molecular flexibility index (Phi) is 10.5. The quantitative estimate of drug-likeness (QED) is 0.359. The van der Waals surface area contributed by atoms with Crippen molar-refractivity contribution in [1.29, 1.82) is 0 Å². The first-order valence-corrected chi connectivity index (χ1v) is 9.42. The van der Waals surface area contributed by atoms with Crippen LogP contribution in [0.4, 0.5) is 0 Å². The topological polar surface area (TPSA) is 58.1 Å². The van der Waals surface area contributed by atoms with E-state index in [1.807, 2.05) is 31.2 Å². The molecule has 148 valence electrons. The Balaban J connectivity index is 2.26. The number of hydrogen-bond acceptors (Lipinski definition) is 4. The Morgan fingerprint density at radius 1 is 1.12 bits per heavy atom. The smallest absolute Gasteiger partial charge is 0.191 e. The van der Waals surface area contributed by atoms with Gasteiger partial charge in [-0.1, -0.05) is 12.1 Å². The SMILES string of the molecule is CN=C(NCCCCN(C)C(C)C)NCC(C)Oc1ccccc1OC. The largest absolute Gasteiger partial charge is 0.493 e. The minimum Gasteiger partial charge on any atom is -0.493 e. The molecule has 2 N–H and O–H groups in total. The molecule has 1 rings (SSSR count). The normalized spacial score (nSPS) is 13.0. The molecule has 0 spiro atoms. The number of rotatable bonds is 11. The van der Waals surface area contributed by atoms with Gasteiger partial charge in [0.1, 0.15) is 6.10 Å². The van der Waals surface area contributed by atoms with Gasteiger partial charge in [0.05, 0.1) is 13.7 Å². The highest BCUT2D eigenvalue weighted by Gasteiger charge is 2.09. The molecule has 0 aliphatic carbocycles. The van der Waals surface area contributed by atoms with Crippen LogP contribution in [-0.2, 0) is 0 Å². The van der Waals surface area contributed by atoms with Gasteiger partial charge < -0.3 is 25.0 Å². The van der Waals surface area contributed by atoms with Crippen LogP contribution in [0.25, 0.3) is 0 Å². The standard InChI is InChI=1S/C20H36N4O2/c1-16(2)24(5)14-10-9-13-22-20(21-4)23-15-17(3)26-19-12-8-7-11-18(19)25-6/h7-8,11-12,16-17H,9-10,13-15H2,1-6H3,(H2,21,22,23). The minimum absolute atomic E-state index is 0.00968. The third-order valence-electron chi connectivity index (χ3n) is 4.29. The number of aliphatic imine (C=N–C) groups is 1. The third kappa shape index (κ3) is 8.43. The lowest BCUT2D eigenvalue weighted by atomic mass is 10.2. The zero-order valence-electron chi connectivity index (χ0n) is 17.2. The molecule has 0 fully saturated rings. The molecule has 0 saturated heterocycles. The second-order valence-corrected chi connectivity index (χ2v) is 6.74. The summed E-state index contributed by atoms with van der Waals surface area (Å²) in [7, 11) is 5.60. The van der Waals surface area contributed by atoms with Crippen molar-refractivity contribution in [2.75, 3.05) is 40.8 Å². The number of methoxy groups -OCH3 is 1. The Morgan fingerprint density at radius 3 is 2.42 bits per heavy atom. The van der Waals surface area contributed by atoms with Crippen molar-refractivity contribution in [1.82, 2.24) is 15.5 Å². The monoisotopic (exact) mass is 364 g/mol. The molecule has 1 atom stereocenters. The molecule has 1 unspecified atom stereocenters. The van der Waals surface area contributed by atoms with Gasteiger partial charge in [-0.3, -0.25) is 4.99 Å². The Labute approximate surface area is 159 Å². The van der Waals surface area contributed by atoms with Crippen molar-refractivity contribution in [3.63, 3.8) is 0 Å². The van der Waals surface area contributed by atoms with Gasteiger partial charge in [-0.2, -0.15) is 0 Å². The summed E-state index contributed by atoms with van der Waals surface area (Å²) in [4.78, 5) is 6.63. The van der Waals surface area contributed by atoms with Crippen LogP contribution >= 0.6 is 0 Å². The van der Waals surface area contributed by atoms with E-state index in [1.165, 1.54) is 6.42 Å². The van der Waals surface area contributed by atoms with E-state index >= 15 is 0 Å². The highest BCUT2D eigenvalue weighted by molar-refractivity contribution is 5.79. The Bertz CT molecular complexity index is 534. The molecule has 0 bridgehead atoms. The number of guanidine groups is 1. The molecule has 0 aromatic heterocycles. The maximum absolute atomic E-state index is 5.95. The van der Waals surface area contributed by atoms with Crippen molar-refractivity contribution in [2.24, 2.45) is 4.99 Å². The first-order chi connectivity index (χ1) is 12.5. The van der Waals surface area contributed by atoms with E-state index in [1.54, 1.807) is 14.2 Å². The number of unbranched alkanes of at least 4 members (excludes halogenated alkanes) is 1. The number of ether oxygens (including phenoxy) is 2. The van der Waals surface area contributed by atoms with Gasteiger partial charge in [-0.05, 0) is 59.3 Å². The van der Waals surface area contributed by atoms with Crippen LogP contribution in [0.3, 0.4) is 0 Å². The van der Waals surface area contributed by atoms with Gasteiger partial charge in [0.2, 0.25) is 0 Å². The number of nitrogens with one attached hydrogen (secondary N) is 2. The van der Waals surface area contributed by atoms with Crippen molar-refractivity contribution in [2.45, 2.75) is 45.8 Å². The summed E-state index contributed by atoms with van der Waals surface area (Å²) in [5, 5.41) is 6.66. The zero-order valence-corrected chi connectivity index (χ0v) is 17.2. The molecule has 0 radical (unpaired) electrons. The maximum atomic E-state index is 5.95. The van der Waals surface area contributed by atoms with Crippen LogP contribution in [0, 0.1) is 0 Å². The fourth-order valence-corrected chi connectivity index (χ4v) is 2.39. The van der Waals surface area contributed by atoms with E-state index in [9.17, 15) is 0 Å². The summed E-state index contributed by atoms with van der Waals surface area (Å²) in [6, 6.07) is 8.28. The van der Waals surface area contributed by atoms with E-state index in [0.717, 1.165) is 37.0 Å². The highest BCUT2D eigenvalue weighted by atomic mass is 16.5. The lowest BCUT2D eigenvalue weighted by Gasteiger charge is -2.21. The predicted molar refractivity (Wildman–Crippen MR) is 109 cm³/mol. The van der Waals surface area contributed by atoms with E-state index in [4.69, 9.17) is 9.47 Å².